The summed E-state index contributed by atoms with van der Waals surface area (Å²) >= 11 is 1.48. The van der Waals surface area contributed by atoms with Crippen molar-refractivity contribution in [3.63, 3.8) is 0 Å². The minimum atomic E-state index is 0.0408. The Kier molecular flexibility index (Phi) is 10.1. The molecule has 0 aliphatic carbocycles. The van der Waals surface area contributed by atoms with Crippen LogP contribution in [0.25, 0.3) is 0 Å². The van der Waals surface area contributed by atoms with Crippen LogP contribution in [0, 0.1) is 13.8 Å². The summed E-state index contributed by atoms with van der Waals surface area (Å²) in [5.41, 5.74) is 0.850. The Hall–Kier alpha value is -0.900. The molecule has 0 spiro atoms. The number of aromatic nitrogens is 1. The molecule has 3 nitrogen and oxygen atoms in total. The molecule has 0 saturated carbocycles. The maximum Gasteiger partial charge on any atom is 0.263 e. The first kappa shape index (κ1) is 19.1. The Balaban J connectivity index is 1.95. The van der Waals surface area contributed by atoms with Crippen molar-refractivity contribution < 1.29 is 4.79 Å². The second kappa shape index (κ2) is 11.6. The van der Waals surface area contributed by atoms with E-state index >= 15 is 0 Å². The van der Waals surface area contributed by atoms with Gasteiger partial charge in [0.1, 0.15) is 4.88 Å². The molecule has 0 fully saturated rings. The van der Waals surface area contributed by atoms with Crippen LogP contribution in [0.1, 0.15) is 91.5 Å². The van der Waals surface area contributed by atoms with Crippen molar-refractivity contribution in [2.24, 2.45) is 0 Å². The smallest absolute Gasteiger partial charge is 0.263 e. The fourth-order valence-electron chi connectivity index (χ4n) is 2.64. The van der Waals surface area contributed by atoms with Gasteiger partial charge in [0.25, 0.3) is 5.91 Å². The molecular formula is C18H32N2OS. The number of hydrogen-bond acceptors (Lipinski definition) is 3. The maximum absolute atomic E-state index is 12.0. The number of nitrogens with zero attached hydrogens (tertiary/aromatic N) is 1. The molecule has 0 unspecified atom stereocenters. The van der Waals surface area contributed by atoms with Crippen molar-refractivity contribution in [3.05, 3.63) is 15.6 Å². The van der Waals surface area contributed by atoms with Crippen LogP contribution in [0.5, 0.6) is 0 Å². The number of hydrogen-bond donors (Lipinski definition) is 1. The van der Waals surface area contributed by atoms with E-state index in [0.717, 1.165) is 28.5 Å². The third kappa shape index (κ3) is 7.92. The van der Waals surface area contributed by atoms with Gasteiger partial charge >= 0.3 is 0 Å². The molecule has 126 valence electrons. The Bertz CT molecular complexity index is 429. The minimum absolute atomic E-state index is 0.0408. The van der Waals surface area contributed by atoms with Crippen molar-refractivity contribution in [1.82, 2.24) is 10.3 Å². The number of aryl methyl sites for hydroxylation is 2. The first-order chi connectivity index (χ1) is 10.6. The highest BCUT2D eigenvalue weighted by atomic mass is 32.1. The molecule has 0 atom stereocenters. The van der Waals surface area contributed by atoms with Gasteiger partial charge < -0.3 is 5.32 Å². The molecule has 0 aliphatic heterocycles. The summed E-state index contributed by atoms with van der Waals surface area (Å²) in [5, 5.41) is 3.97. The van der Waals surface area contributed by atoms with Crippen molar-refractivity contribution >= 4 is 17.2 Å². The SMILES string of the molecule is CCCCCCCCCCCCNC(=O)c1sc(C)nc1C. The summed E-state index contributed by atoms with van der Waals surface area (Å²) in [4.78, 5) is 17.1. The van der Waals surface area contributed by atoms with Gasteiger partial charge in [-0.2, -0.15) is 0 Å². The molecule has 22 heavy (non-hydrogen) atoms. The van der Waals surface area contributed by atoms with Crippen LogP contribution >= 0.6 is 11.3 Å². The summed E-state index contributed by atoms with van der Waals surface area (Å²) in [6, 6.07) is 0. The summed E-state index contributed by atoms with van der Waals surface area (Å²) < 4.78 is 0. The number of thiazole rings is 1. The Morgan fingerprint density at radius 1 is 0.955 bits per heavy atom. The van der Waals surface area contributed by atoms with Crippen LogP contribution in [-0.4, -0.2) is 17.4 Å². The summed E-state index contributed by atoms with van der Waals surface area (Å²) in [7, 11) is 0. The zero-order valence-corrected chi connectivity index (χ0v) is 15.4. The van der Waals surface area contributed by atoms with Gasteiger partial charge in [-0.1, -0.05) is 64.7 Å². The number of carbonyl (C=O) groups is 1. The maximum atomic E-state index is 12.0. The van der Waals surface area contributed by atoms with Gasteiger partial charge in [-0.05, 0) is 20.3 Å². The lowest BCUT2D eigenvalue weighted by molar-refractivity contribution is 0.0956. The molecule has 1 aromatic rings. The van der Waals surface area contributed by atoms with Crippen LogP contribution < -0.4 is 5.32 Å². The van der Waals surface area contributed by atoms with E-state index in [2.05, 4.69) is 17.2 Å². The lowest BCUT2D eigenvalue weighted by Gasteiger charge is -2.04. The first-order valence-corrected chi connectivity index (χ1v) is 9.69. The quantitative estimate of drug-likeness (QED) is 0.522. The Morgan fingerprint density at radius 2 is 1.50 bits per heavy atom. The van der Waals surface area contributed by atoms with Crippen LogP contribution in [0.4, 0.5) is 0 Å². The van der Waals surface area contributed by atoms with E-state index in [1.54, 1.807) is 0 Å². The van der Waals surface area contributed by atoms with E-state index in [0.29, 0.717) is 0 Å². The number of nitrogens with one attached hydrogen (secondary N) is 1. The lowest BCUT2D eigenvalue weighted by atomic mass is 10.1. The zero-order valence-electron chi connectivity index (χ0n) is 14.5. The number of unbranched alkanes of at least 4 members (excludes halogenated alkanes) is 9. The zero-order chi connectivity index (χ0) is 16.2. The minimum Gasteiger partial charge on any atom is -0.351 e. The van der Waals surface area contributed by atoms with E-state index < -0.39 is 0 Å². The van der Waals surface area contributed by atoms with Gasteiger partial charge in [0, 0.05) is 6.54 Å². The molecule has 0 bridgehead atoms. The van der Waals surface area contributed by atoms with Gasteiger partial charge in [-0.3, -0.25) is 4.79 Å². The van der Waals surface area contributed by atoms with Crippen molar-refractivity contribution in [2.75, 3.05) is 6.54 Å². The molecule has 0 aliphatic rings. The molecule has 1 N–H and O–H groups in total. The molecule has 1 aromatic heterocycles. The lowest BCUT2D eigenvalue weighted by Crippen LogP contribution is -2.24. The standard InChI is InChI=1S/C18H32N2OS/c1-4-5-6-7-8-9-10-11-12-13-14-19-18(21)17-15(2)20-16(3)22-17/h4-14H2,1-3H3,(H,19,21). The van der Waals surface area contributed by atoms with E-state index in [4.69, 9.17) is 0 Å². The highest BCUT2D eigenvalue weighted by Crippen LogP contribution is 2.16. The fraction of sp³-hybridized carbons (Fsp3) is 0.778. The molecular weight excluding hydrogens is 292 g/mol. The normalized spacial score (nSPS) is 10.9. The largest absolute Gasteiger partial charge is 0.351 e. The number of rotatable bonds is 12. The van der Waals surface area contributed by atoms with Crippen molar-refractivity contribution in [3.8, 4) is 0 Å². The van der Waals surface area contributed by atoms with E-state index in [-0.39, 0.29) is 5.91 Å². The van der Waals surface area contributed by atoms with Crippen LogP contribution in [0.2, 0.25) is 0 Å². The van der Waals surface area contributed by atoms with Gasteiger partial charge in [0.05, 0.1) is 10.7 Å². The molecule has 0 aromatic carbocycles. The highest BCUT2D eigenvalue weighted by molar-refractivity contribution is 7.13. The second-order valence-electron chi connectivity index (χ2n) is 6.09. The van der Waals surface area contributed by atoms with E-state index in [1.807, 2.05) is 13.8 Å². The van der Waals surface area contributed by atoms with Gasteiger partial charge in [0.2, 0.25) is 0 Å². The third-order valence-electron chi connectivity index (χ3n) is 3.93. The van der Waals surface area contributed by atoms with Crippen LogP contribution in [-0.2, 0) is 0 Å². The van der Waals surface area contributed by atoms with Gasteiger partial charge in [-0.25, -0.2) is 4.98 Å². The summed E-state index contributed by atoms with van der Waals surface area (Å²) in [5.74, 6) is 0.0408. The topological polar surface area (TPSA) is 42.0 Å². The van der Waals surface area contributed by atoms with Gasteiger partial charge in [0.15, 0.2) is 0 Å². The Labute approximate surface area is 139 Å². The fourth-order valence-corrected chi connectivity index (χ4v) is 3.47. The van der Waals surface area contributed by atoms with Gasteiger partial charge in [-0.15, -0.1) is 11.3 Å². The molecule has 1 amide bonds. The molecule has 1 heterocycles. The molecule has 0 radical (unpaired) electrons. The number of carbonyl (C=O) groups excluding carboxylic acids is 1. The average molecular weight is 325 g/mol. The Morgan fingerprint density at radius 3 is 2.00 bits per heavy atom. The van der Waals surface area contributed by atoms with Crippen molar-refractivity contribution in [1.29, 1.82) is 0 Å². The monoisotopic (exact) mass is 324 g/mol. The van der Waals surface area contributed by atoms with E-state index in [1.165, 1.54) is 69.1 Å². The van der Waals surface area contributed by atoms with Crippen LogP contribution in [0.15, 0.2) is 0 Å². The average Bonchev–Trinajstić information content (AvgIpc) is 2.83. The molecule has 0 saturated heterocycles. The first-order valence-electron chi connectivity index (χ1n) is 8.87. The number of amides is 1. The van der Waals surface area contributed by atoms with Crippen molar-refractivity contribution in [2.45, 2.75) is 85.0 Å². The summed E-state index contributed by atoms with van der Waals surface area (Å²) in [6.45, 7) is 6.89. The molecule has 1 rings (SSSR count). The highest BCUT2D eigenvalue weighted by Gasteiger charge is 2.12. The van der Waals surface area contributed by atoms with Crippen LogP contribution in [0.3, 0.4) is 0 Å². The summed E-state index contributed by atoms with van der Waals surface area (Å²) in [6.07, 6.45) is 13.2. The predicted octanol–water partition coefficient (Wildman–Crippen LogP) is 5.41. The second-order valence-corrected chi connectivity index (χ2v) is 7.29. The third-order valence-corrected chi connectivity index (χ3v) is 5.00. The molecule has 4 heteroatoms. The predicted molar refractivity (Wildman–Crippen MR) is 95.8 cm³/mol. The van der Waals surface area contributed by atoms with E-state index in [9.17, 15) is 4.79 Å².